The molecular formula is C7H9FO4. The van der Waals surface area contributed by atoms with E-state index in [0.717, 1.165) is 13.4 Å². The second kappa shape index (κ2) is 5.29. The molecule has 4 nitrogen and oxygen atoms in total. The molecule has 0 N–H and O–H groups in total. The molecule has 0 heterocycles. The maximum atomic E-state index is 11.8. The Hall–Kier alpha value is -1.39. The highest BCUT2D eigenvalue weighted by atomic mass is 19.1. The Morgan fingerprint density at radius 3 is 2.33 bits per heavy atom. The smallest absolute Gasteiger partial charge is 0.344 e. The van der Waals surface area contributed by atoms with Crippen molar-refractivity contribution < 1.29 is 23.5 Å². The molecule has 5 heteroatoms. The number of methoxy groups -OCH3 is 2. The average Bonchev–Trinajstić information content (AvgIpc) is 2.11. The monoisotopic (exact) mass is 176 g/mol. The van der Waals surface area contributed by atoms with Crippen LogP contribution in [0.1, 0.15) is 0 Å². The van der Waals surface area contributed by atoms with Crippen LogP contribution in [0.15, 0.2) is 11.8 Å². The van der Waals surface area contributed by atoms with Crippen LogP contribution in [0.3, 0.4) is 0 Å². The van der Waals surface area contributed by atoms with Crippen LogP contribution in [-0.2, 0) is 19.1 Å². The van der Waals surface area contributed by atoms with Gasteiger partial charge in [0.05, 0.1) is 14.2 Å². The van der Waals surface area contributed by atoms with Crippen molar-refractivity contribution in [3.05, 3.63) is 11.8 Å². The highest BCUT2D eigenvalue weighted by molar-refractivity contribution is 6.17. The van der Waals surface area contributed by atoms with Crippen molar-refractivity contribution in [2.75, 3.05) is 20.9 Å². The molecule has 0 bridgehead atoms. The van der Waals surface area contributed by atoms with E-state index < -0.39 is 24.0 Å². The average molecular weight is 176 g/mol. The molecule has 0 rings (SSSR count). The fourth-order valence-corrected chi connectivity index (χ4v) is 0.527. The number of esters is 1. The van der Waals surface area contributed by atoms with Gasteiger partial charge in [-0.1, -0.05) is 0 Å². The quantitative estimate of drug-likeness (QED) is 0.202. The lowest BCUT2D eigenvalue weighted by atomic mass is 10.2. The molecule has 0 spiro atoms. The van der Waals surface area contributed by atoms with Crippen molar-refractivity contribution >= 4 is 11.8 Å². The third kappa shape index (κ3) is 2.69. The van der Waals surface area contributed by atoms with Crippen molar-refractivity contribution in [2.45, 2.75) is 0 Å². The summed E-state index contributed by atoms with van der Waals surface area (Å²) in [6, 6.07) is 0. The van der Waals surface area contributed by atoms with E-state index in [1.54, 1.807) is 0 Å². The normalized spacial score (nSPS) is 10.8. The lowest BCUT2D eigenvalue weighted by molar-refractivity contribution is -0.138. The van der Waals surface area contributed by atoms with E-state index in [-0.39, 0.29) is 0 Å². The minimum atomic E-state index is -1.25. The number of carbonyl (C=O) groups is 2. The molecule has 0 unspecified atom stereocenters. The summed E-state index contributed by atoms with van der Waals surface area (Å²) in [4.78, 5) is 21.4. The van der Waals surface area contributed by atoms with Crippen LogP contribution in [0.5, 0.6) is 0 Å². The number of hydrogen-bond acceptors (Lipinski definition) is 4. The Morgan fingerprint density at radius 1 is 1.42 bits per heavy atom. The van der Waals surface area contributed by atoms with E-state index in [4.69, 9.17) is 0 Å². The molecule has 0 aromatic heterocycles. The zero-order valence-corrected chi connectivity index (χ0v) is 6.80. The third-order valence-electron chi connectivity index (χ3n) is 1.06. The minimum absolute atomic E-state index is 0.428. The van der Waals surface area contributed by atoms with Gasteiger partial charge in [-0.05, 0) is 0 Å². The largest absolute Gasteiger partial charge is 0.503 e. The maximum Gasteiger partial charge on any atom is 0.344 e. The van der Waals surface area contributed by atoms with E-state index in [1.807, 2.05) is 0 Å². The van der Waals surface area contributed by atoms with Gasteiger partial charge in [-0.2, -0.15) is 0 Å². The van der Waals surface area contributed by atoms with Gasteiger partial charge in [0.15, 0.2) is 6.67 Å². The number of ketones is 1. The number of halogens is 1. The SMILES string of the molecule is CO/C=C(/C(=O)CF)C(=O)OC. The Kier molecular flexibility index (Phi) is 4.67. The maximum absolute atomic E-state index is 11.8. The highest BCUT2D eigenvalue weighted by Gasteiger charge is 2.18. The fraction of sp³-hybridized carbons (Fsp3) is 0.429. The minimum Gasteiger partial charge on any atom is -0.503 e. The Morgan fingerprint density at radius 2 is 2.00 bits per heavy atom. The zero-order valence-electron chi connectivity index (χ0n) is 6.80. The highest BCUT2D eigenvalue weighted by Crippen LogP contribution is 2.00. The third-order valence-corrected chi connectivity index (χ3v) is 1.06. The van der Waals surface area contributed by atoms with Crippen molar-refractivity contribution in [3.8, 4) is 0 Å². The molecule has 0 radical (unpaired) electrons. The fourth-order valence-electron chi connectivity index (χ4n) is 0.527. The first-order valence-corrected chi connectivity index (χ1v) is 3.07. The number of hydrogen-bond donors (Lipinski definition) is 0. The van der Waals surface area contributed by atoms with Crippen LogP contribution in [0, 0.1) is 0 Å². The number of rotatable bonds is 4. The summed E-state index contributed by atoms with van der Waals surface area (Å²) < 4.78 is 20.4. The lowest BCUT2D eigenvalue weighted by Crippen LogP contribution is -2.16. The van der Waals surface area contributed by atoms with Gasteiger partial charge in [0, 0.05) is 0 Å². The first-order valence-electron chi connectivity index (χ1n) is 3.07. The summed E-state index contributed by atoms with van der Waals surface area (Å²) in [7, 11) is 2.34. The van der Waals surface area contributed by atoms with Gasteiger partial charge in [0.2, 0.25) is 5.78 Å². The molecule has 0 aromatic carbocycles. The number of Topliss-reactive ketones (excluding diaryl/α,β-unsaturated/α-hetero) is 1. The van der Waals surface area contributed by atoms with E-state index >= 15 is 0 Å². The van der Waals surface area contributed by atoms with Crippen molar-refractivity contribution in [1.82, 2.24) is 0 Å². The summed E-state index contributed by atoms with van der Waals surface area (Å²) in [5, 5.41) is 0. The molecule has 68 valence electrons. The molecule has 0 aliphatic rings. The molecule has 0 aliphatic carbocycles. The molecular weight excluding hydrogens is 167 g/mol. The number of carbonyl (C=O) groups excluding carboxylic acids is 2. The van der Waals surface area contributed by atoms with Crippen molar-refractivity contribution in [1.29, 1.82) is 0 Å². The van der Waals surface area contributed by atoms with Crippen LogP contribution in [0.25, 0.3) is 0 Å². The Labute approximate surface area is 69.0 Å². The van der Waals surface area contributed by atoms with Gasteiger partial charge in [-0.3, -0.25) is 4.79 Å². The number of ether oxygens (including phenoxy) is 2. The van der Waals surface area contributed by atoms with Gasteiger partial charge in [-0.15, -0.1) is 0 Å². The summed E-state index contributed by atoms with van der Waals surface area (Å²) in [5.41, 5.74) is -0.428. The number of alkyl halides is 1. The predicted molar refractivity (Wildman–Crippen MR) is 38.1 cm³/mol. The van der Waals surface area contributed by atoms with E-state index in [0.29, 0.717) is 0 Å². The molecule has 0 amide bonds. The summed E-state index contributed by atoms with van der Waals surface area (Å²) in [6.45, 7) is -1.25. The van der Waals surface area contributed by atoms with Crippen LogP contribution < -0.4 is 0 Å². The summed E-state index contributed by atoms with van der Waals surface area (Å²) in [5.74, 6) is -1.86. The van der Waals surface area contributed by atoms with E-state index in [1.165, 1.54) is 7.11 Å². The van der Waals surface area contributed by atoms with E-state index in [9.17, 15) is 14.0 Å². The molecule has 0 atom stereocenters. The van der Waals surface area contributed by atoms with E-state index in [2.05, 4.69) is 9.47 Å². The van der Waals surface area contributed by atoms with Gasteiger partial charge in [-0.25, -0.2) is 9.18 Å². The van der Waals surface area contributed by atoms with Crippen molar-refractivity contribution in [3.63, 3.8) is 0 Å². The standard InChI is InChI=1S/C7H9FO4/c1-11-4-5(6(9)3-8)7(10)12-2/h4H,3H2,1-2H3/b5-4-. The van der Waals surface area contributed by atoms with Gasteiger partial charge >= 0.3 is 5.97 Å². The van der Waals surface area contributed by atoms with Crippen molar-refractivity contribution in [2.24, 2.45) is 0 Å². The van der Waals surface area contributed by atoms with Gasteiger partial charge in [0.1, 0.15) is 11.8 Å². The second-order valence-electron chi connectivity index (χ2n) is 1.82. The molecule has 0 fully saturated rings. The van der Waals surface area contributed by atoms with Crippen LogP contribution in [-0.4, -0.2) is 32.6 Å². The predicted octanol–water partition coefficient (Wildman–Crippen LogP) is 0.228. The molecule has 0 saturated heterocycles. The molecule has 0 aromatic rings. The van der Waals surface area contributed by atoms with Gasteiger partial charge in [0.25, 0.3) is 0 Å². The second-order valence-corrected chi connectivity index (χ2v) is 1.82. The lowest BCUT2D eigenvalue weighted by Gasteiger charge is -2.00. The Bertz CT molecular complexity index is 191. The van der Waals surface area contributed by atoms with Gasteiger partial charge < -0.3 is 9.47 Å². The molecule has 12 heavy (non-hydrogen) atoms. The topological polar surface area (TPSA) is 52.6 Å². The summed E-state index contributed by atoms with van der Waals surface area (Å²) in [6.07, 6.45) is 0.855. The first-order chi connectivity index (χ1) is 5.67. The zero-order chi connectivity index (χ0) is 9.56. The molecule has 0 aliphatic heterocycles. The van der Waals surface area contributed by atoms with Crippen LogP contribution in [0.2, 0.25) is 0 Å². The van der Waals surface area contributed by atoms with Crippen LogP contribution in [0.4, 0.5) is 4.39 Å². The van der Waals surface area contributed by atoms with Crippen LogP contribution >= 0.6 is 0 Å². The summed E-state index contributed by atoms with van der Waals surface area (Å²) >= 11 is 0. The first kappa shape index (κ1) is 10.6. The molecule has 0 saturated carbocycles. The Balaban J connectivity index is 4.55.